The van der Waals surface area contributed by atoms with E-state index in [0.29, 0.717) is 5.82 Å². The first-order chi connectivity index (χ1) is 6.74. The Morgan fingerprint density at radius 3 is 3.07 bits per heavy atom. The van der Waals surface area contributed by atoms with Gasteiger partial charge in [0.05, 0.1) is 6.61 Å². The molecular weight excluding hydrogens is 184 g/mol. The van der Waals surface area contributed by atoms with Crippen LogP contribution >= 0.6 is 0 Å². The topological polar surface area (TPSA) is 71.5 Å². The average molecular weight is 196 g/mol. The van der Waals surface area contributed by atoms with Crippen LogP contribution in [0, 0.1) is 0 Å². The molecule has 1 heterocycles. The van der Waals surface area contributed by atoms with Crippen LogP contribution in [-0.2, 0) is 9.53 Å². The van der Waals surface area contributed by atoms with Crippen molar-refractivity contribution in [3.05, 3.63) is 24.4 Å². The van der Waals surface area contributed by atoms with Crippen LogP contribution in [-0.4, -0.2) is 28.9 Å². The largest absolute Gasteiger partial charge is 0.463 e. The predicted octanol–water partition coefficient (Wildman–Crippen LogP) is 0.375. The Hall–Kier alpha value is -1.62. The van der Waals surface area contributed by atoms with Gasteiger partial charge in [-0.15, -0.1) is 0 Å². The van der Waals surface area contributed by atoms with Crippen molar-refractivity contribution in [3.63, 3.8) is 0 Å². The molecule has 2 N–H and O–H groups in total. The number of nitrogens with zero attached hydrogens (tertiary/aromatic N) is 1. The van der Waals surface area contributed by atoms with Crippen LogP contribution < -0.4 is 5.32 Å². The highest BCUT2D eigenvalue weighted by Gasteiger charge is 2.15. The van der Waals surface area contributed by atoms with E-state index < -0.39 is 12.2 Å². The maximum Gasteiger partial charge on any atom is 0.356 e. The van der Waals surface area contributed by atoms with Crippen LogP contribution in [0.2, 0.25) is 0 Å². The molecule has 1 aromatic rings. The van der Waals surface area contributed by atoms with Gasteiger partial charge in [0, 0.05) is 6.20 Å². The minimum absolute atomic E-state index is 0.236. The highest BCUT2D eigenvalue weighted by Crippen LogP contribution is 2.01. The van der Waals surface area contributed by atoms with Crippen molar-refractivity contribution in [1.82, 2.24) is 4.98 Å². The van der Waals surface area contributed by atoms with E-state index in [0.717, 1.165) is 0 Å². The Morgan fingerprint density at radius 2 is 2.50 bits per heavy atom. The molecule has 1 atom stereocenters. The highest BCUT2D eigenvalue weighted by atomic mass is 16.5. The van der Waals surface area contributed by atoms with Crippen LogP contribution in [0.3, 0.4) is 0 Å². The maximum atomic E-state index is 11.0. The first kappa shape index (κ1) is 10.5. The summed E-state index contributed by atoms with van der Waals surface area (Å²) in [5.74, 6) is -0.286. The molecule has 0 saturated heterocycles. The smallest absolute Gasteiger partial charge is 0.356 e. The second-order valence-corrected chi connectivity index (χ2v) is 2.51. The van der Waals surface area contributed by atoms with Crippen molar-refractivity contribution in [2.45, 2.75) is 13.2 Å². The fraction of sp³-hybridized carbons (Fsp3) is 0.333. The third kappa shape index (κ3) is 3.02. The van der Waals surface area contributed by atoms with Gasteiger partial charge in [-0.05, 0) is 19.1 Å². The van der Waals surface area contributed by atoms with Crippen molar-refractivity contribution in [2.24, 2.45) is 0 Å². The maximum absolute atomic E-state index is 11.0. The molecule has 0 aliphatic rings. The Morgan fingerprint density at radius 1 is 1.71 bits per heavy atom. The van der Waals surface area contributed by atoms with E-state index in [-0.39, 0.29) is 6.61 Å². The Bertz CT molecular complexity index is 289. The number of aromatic nitrogens is 1. The number of aliphatic hydroxyl groups is 1. The number of hydrogen-bond donors (Lipinski definition) is 2. The molecule has 0 saturated carbocycles. The summed E-state index contributed by atoms with van der Waals surface area (Å²) in [5.41, 5.74) is 0. The van der Waals surface area contributed by atoms with E-state index in [2.05, 4.69) is 15.0 Å². The van der Waals surface area contributed by atoms with Crippen molar-refractivity contribution < 1.29 is 14.6 Å². The summed E-state index contributed by atoms with van der Waals surface area (Å²) in [5, 5.41) is 11.8. The molecule has 0 bridgehead atoms. The van der Waals surface area contributed by atoms with Crippen LogP contribution in [0.5, 0.6) is 0 Å². The molecule has 0 aromatic carbocycles. The van der Waals surface area contributed by atoms with E-state index >= 15 is 0 Å². The minimum Gasteiger partial charge on any atom is -0.463 e. The zero-order valence-corrected chi connectivity index (χ0v) is 7.80. The lowest BCUT2D eigenvalue weighted by atomic mass is 10.4. The molecule has 0 spiro atoms. The SMILES string of the molecule is CCOC(=O)[C@H](O)Nc1ccccn1. The first-order valence-corrected chi connectivity index (χ1v) is 4.26. The number of carbonyl (C=O) groups is 1. The van der Waals surface area contributed by atoms with Crippen molar-refractivity contribution in [2.75, 3.05) is 11.9 Å². The molecule has 1 rings (SSSR count). The predicted molar refractivity (Wildman–Crippen MR) is 50.5 cm³/mol. The lowest BCUT2D eigenvalue weighted by Crippen LogP contribution is -2.31. The number of rotatable bonds is 4. The van der Waals surface area contributed by atoms with Gasteiger partial charge in [-0.2, -0.15) is 0 Å². The second kappa shape index (κ2) is 5.18. The van der Waals surface area contributed by atoms with E-state index in [1.807, 2.05) is 0 Å². The summed E-state index contributed by atoms with van der Waals surface area (Å²) >= 11 is 0. The molecule has 0 fully saturated rings. The standard InChI is InChI=1S/C9H12N2O3/c1-2-14-9(13)8(12)11-7-5-3-4-6-10-7/h3-6,8,12H,2H2,1H3,(H,10,11)/t8-/m0/s1. The summed E-state index contributed by atoms with van der Waals surface area (Å²) in [6.45, 7) is 1.91. The van der Waals surface area contributed by atoms with Gasteiger partial charge in [0.1, 0.15) is 5.82 Å². The molecule has 14 heavy (non-hydrogen) atoms. The van der Waals surface area contributed by atoms with Gasteiger partial charge in [0.15, 0.2) is 0 Å². The van der Waals surface area contributed by atoms with E-state index in [9.17, 15) is 9.90 Å². The van der Waals surface area contributed by atoms with Gasteiger partial charge in [-0.1, -0.05) is 6.07 Å². The Kier molecular flexibility index (Phi) is 3.87. The summed E-state index contributed by atoms with van der Waals surface area (Å²) in [6.07, 6.45) is 0.185. The minimum atomic E-state index is -1.37. The van der Waals surface area contributed by atoms with Gasteiger partial charge in [0.2, 0.25) is 6.23 Å². The van der Waals surface area contributed by atoms with Crippen LogP contribution in [0.25, 0.3) is 0 Å². The number of nitrogens with one attached hydrogen (secondary N) is 1. The molecule has 1 aromatic heterocycles. The summed E-state index contributed by atoms with van der Waals surface area (Å²) < 4.78 is 4.60. The van der Waals surface area contributed by atoms with Crippen molar-refractivity contribution in [1.29, 1.82) is 0 Å². The van der Waals surface area contributed by atoms with E-state index in [1.165, 1.54) is 0 Å². The normalized spacial score (nSPS) is 11.9. The third-order valence-corrected chi connectivity index (χ3v) is 1.46. The fourth-order valence-corrected chi connectivity index (χ4v) is 0.868. The monoisotopic (exact) mass is 196 g/mol. The number of anilines is 1. The van der Waals surface area contributed by atoms with Crippen molar-refractivity contribution >= 4 is 11.8 Å². The van der Waals surface area contributed by atoms with Crippen LogP contribution in [0.4, 0.5) is 5.82 Å². The zero-order valence-electron chi connectivity index (χ0n) is 7.80. The third-order valence-electron chi connectivity index (χ3n) is 1.46. The molecule has 0 amide bonds. The van der Waals surface area contributed by atoms with E-state index in [1.54, 1.807) is 31.3 Å². The van der Waals surface area contributed by atoms with E-state index in [4.69, 9.17) is 0 Å². The average Bonchev–Trinajstić information content (AvgIpc) is 2.19. The van der Waals surface area contributed by atoms with Gasteiger partial charge in [-0.3, -0.25) is 0 Å². The van der Waals surface area contributed by atoms with Gasteiger partial charge in [0.25, 0.3) is 0 Å². The summed E-state index contributed by atoms with van der Waals surface area (Å²) in [4.78, 5) is 14.9. The number of carbonyl (C=O) groups excluding carboxylic acids is 1. The molecule has 76 valence electrons. The molecule has 0 aliphatic heterocycles. The molecule has 5 nitrogen and oxygen atoms in total. The molecule has 0 unspecified atom stereocenters. The van der Waals surface area contributed by atoms with Crippen molar-refractivity contribution in [3.8, 4) is 0 Å². The second-order valence-electron chi connectivity index (χ2n) is 2.51. The Labute approximate surface area is 81.7 Å². The quantitative estimate of drug-likeness (QED) is 0.538. The van der Waals surface area contributed by atoms with Gasteiger partial charge in [-0.25, -0.2) is 9.78 Å². The van der Waals surface area contributed by atoms with Crippen LogP contribution in [0.15, 0.2) is 24.4 Å². The molecular formula is C9H12N2O3. The molecule has 5 heteroatoms. The fourth-order valence-electron chi connectivity index (χ4n) is 0.868. The number of pyridine rings is 1. The van der Waals surface area contributed by atoms with Gasteiger partial charge >= 0.3 is 5.97 Å². The number of ether oxygens (including phenoxy) is 1. The number of esters is 1. The summed E-state index contributed by atoms with van der Waals surface area (Å²) in [7, 11) is 0. The van der Waals surface area contributed by atoms with Gasteiger partial charge < -0.3 is 15.2 Å². The highest BCUT2D eigenvalue weighted by molar-refractivity contribution is 5.76. The number of aliphatic hydroxyl groups excluding tert-OH is 1. The lowest BCUT2D eigenvalue weighted by molar-refractivity contribution is -0.151. The first-order valence-electron chi connectivity index (χ1n) is 4.26. The summed E-state index contributed by atoms with van der Waals surface area (Å²) in [6, 6.07) is 5.12. The molecule has 0 radical (unpaired) electrons. The number of hydrogen-bond acceptors (Lipinski definition) is 5. The van der Waals surface area contributed by atoms with Crippen LogP contribution in [0.1, 0.15) is 6.92 Å². The Balaban J connectivity index is 2.49. The zero-order chi connectivity index (χ0) is 10.4. The molecule has 0 aliphatic carbocycles. The lowest BCUT2D eigenvalue weighted by Gasteiger charge is -2.11.